The fraction of sp³-hybridized carbons (Fsp3) is 0.600. The van der Waals surface area contributed by atoms with Crippen LogP contribution in [0.5, 0.6) is 5.75 Å². The minimum atomic E-state index is 0.171. The predicted molar refractivity (Wildman–Crippen MR) is 63.3 cm³/mol. The molecular formula is C10H16ClN3O2. The largest absolute Gasteiger partial charge is 0.490 e. The first-order valence-electron chi connectivity index (χ1n) is 4.88. The van der Waals surface area contributed by atoms with Gasteiger partial charge in [0.25, 0.3) is 0 Å². The van der Waals surface area contributed by atoms with Crippen LogP contribution in [0.2, 0.25) is 5.15 Å². The number of hydrogen-bond donors (Lipinski definition) is 0. The molecule has 1 atom stereocenters. The molecule has 1 aromatic rings. The van der Waals surface area contributed by atoms with Crippen LogP contribution in [0.25, 0.3) is 0 Å². The summed E-state index contributed by atoms with van der Waals surface area (Å²) in [5.41, 5.74) is 0. The molecule has 0 aliphatic heterocycles. The van der Waals surface area contributed by atoms with Gasteiger partial charge in [0.2, 0.25) is 0 Å². The molecule has 1 unspecified atom stereocenters. The second kappa shape index (κ2) is 5.86. The molecule has 0 aliphatic carbocycles. The quantitative estimate of drug-likeness (QED) is 0.738. The highest BCUT2D eigenvalue weighted by atomic mass is 35.5. The van der Waals surface area contributed by atoms with Crippen LogP contribution in [0.15, 0.2) is 6.33 Å². The van der Waals surface area contributed by atoms with Crippen LogP contribution in [0.4, 0.5) is 5.82 Å². The lowest BCUT2D eigenvalue weighted by Gasteiger charge is -2.26. The van der Waals surface area contributed by atoms with Crippen molar-refractivity contribution < 1.29 is 9.47 Å². The highest BCUT2D eigenvalue weighted by Gasteiger charge is 2.18. The highest BCUT2D eigenvalue weighted by molar-refractivity contribution is 6.31. The van der Waals surface area contributed by atoms with Crippen LogP contribution in [-0.4, -0.2) is 43.9 Å². The van der Waals surface area contributed by atoms with Crippen molar-refractivity contribution in [3.05, 3.63) is 11.5 Å². The van der Waals surface area contributed by atoms with Crippen LogP contribution >= 0.6 is 11.6 Å². The van der Waals surface area contributed by atoms with Crippen molar-refractivity contribution in [1.29, 1.82) is 0 Å². The molecule has 1 aromatic heterocycles. The Morgan fingerprint density at radius 2 is 2.12 bits per heavy atom. The van der Waals surface area contributed by atoms with Gasteiger partial charge in [-0.1, -0.05) is 11.6 Å². The van der Waals surface area contributed by atoms with Gasteiger partial charge in [-0.05, 0) is 6.92 Å². The molecule has 5 nitrogen and oxygen atoms in total. The fourth-order valence-electron chi connectivity index (χ4n) is 1.33. The van der Waals surface area contributed by atoms with Gasteiger partial charge in [-0.3, -0.25) is 0 Å². The highest BCUT2D eigenvalue weighted by Crippen LogP contribution is 2.31. The molecule has 0 fully saturated rings. The Balaban J connectivity index is 2.98. The average molecular weight is 246 g/mol. The lowest BCUT2D eigenvalue weighted by molar-refractivity contribution is 0.183. The zero-order valence-corrected chi connectivity index (χ0v) is 10.7. The molecule has 16 heavy (non-hydrogen) atoms. The topological polar surface area (TPSA) is 47.5 Å². The van der Waals surface area contributed by atoms with E-state index in [0.29, 0.717) is 23.3 Å². The summed E-state index contributed by atoms with van der Waals surface area (Å²) in [5, 5.41) is 0.309. The molecule has 0 amide bonds. The van der Waals surface area contributed by atoms with E-state index < -0.39 is 0 Å². The number of halogens is 1. The van der Waals surface area contributed by atoms with Crippen LogP contribution in [0.1, 0.15) is 6.92 Å². The van der Waals surface area contributed by atoms with Gasteiger partial charge in [-0.25, -0.2) is 9.97 Å². The Morgan fingerprint density at radius 1 is 1.44 bits per heavy atom. The molecule has 0 aliphatic rings. The van der Waals surface area contributed by atoms with E-state index in [0.717, 1.165) is 0 Å². The van der Waals surface area contributed by atoms with Crippen LogP contribution in [-0.2, 0) is 4.74 Å². The maximum absolute atomic E-state index is 5.92. The Morgan fingerprint density at radius 3 is 2.69 bits per heavy atom. The van der Waals surface area contributed by atoms with E-state index in [4.69, 9.17) is 21.1 Å². The summed E-state index contributed by atoms with van der Waals surface area (Å²) in [5.74, 6) is 1.14. The molecular weight excluding hydrogens is 230 g/mol. The van der Waals surface area contributed by atoms with Crippen LogP contribution in [0.3, 0.4) is 0 Å². The lowest BCUT2D eigenvalue weighted by atomic mass is 10.3. The van der Waals surface area contributed by atoms with Gasteiger partial charge in [0.1, 0.15) is 6.33 Å². The van der Waals surface area contributed by atoms with E-state index in [1.165, 1.54) is 6.33 Å². The molecule has 90 valence electrons. The van der Waals surface area contributed by atoms with Crippen molar-refractivity contribution in [2.75, 3.05) is 32.8 Å². The zero-order chi connectivity index (χ0) is 12.1. The van der Waals surface area contributed by atoms with E-state index in [1.807, 2.05) is 18.9 Å². The molecule has 0 aromatic carbocycles. The van der Waals surface area contributed by atoms with Crippen molar-refractivity contribution in [3.8, 4) is 5.75 Å². The minimum Gasteiger partial charge on any atom is -0.490 e. The summed E-state index contributed by atoms with van der Waals surface area (Å²) in [7, 11) is 5.11. The summed E-state index contributed by atoms with van der Waals surface area (Å²) < 4.78 is 10.3. The van der Waals surface area contributed by atoms with Gasteiger partial charge in [0.15, 0.2) is 16.7 Å². The van der Waals surface area contributed by atoms with E-state index in [2.05, 4.69) is 9.97 Å². The number of rotatable bonds is 5. The van der Waals surface area contributed by atoms with Gasteiger partial charge >= 0.3 is 0 Å². The number of methoxy groups -OCH3 is 2. The molecule has 1 rings (SSSR count). The Bertz CT molecular complexity index is 349. The second-order valence-electron chi connectivity index (χ2n) is 3.44. The van der Waals surface area contributed by atoms with Gasteiger partial charge in [0.05, 0.1) is 19.8 Å². The molecule has 0 saturated carbocycles. The van der Waals surface area contributed by atoms with E-state index in [9.17, 15) is 0 Å². The number of hydrogen-bond acceptors (Lipinski definition) is 5. The molecule has 1 heterocycles. The third-order valence-electron chi connectivity index (χ3n) is 2.35. The van der Waals surface area contributed by atoms with Crippen LogP contribution < -0.4 is 9.64 Å². The molecule has 0 N–H and O–H groups in total. The first-order chi connectivity index (χ1) is 7.61. The summed E-state index contributed by atoms with van der Waals surface area (Å²) in [6.45, 7) is 2.63. The van der Waals surface area contributed by atoms with E-state index >= 15 is 0 Å². The van der Waals surface area contributed by atoms with Gasteiger partial charge in [0, 0.05) is 14.2 Å². The van der Waals surface area contributed by atoms with E-state index in [-0.39, 0.29) is 6.04 Å². The number of anilines is 1. The van der Waals surface area contributed by atoms with Gasteiger partial charge in [-0.15, -0.1) is 0 Å². The summed E-state index contributed by atoms with van der Waals surface area (Å²) >= 11 is 5.92. The average Bonchev–Trinajstić information content (AvgIpc) is 2.28. The second-order valence-corrected chi connectivity index (χ2v) is 3.79. The maximum Gasteiger partial charge on any atom is 0.199 e. The molecule has 0 saturated heterocycles. The van der Waals surface area contributed by atoms with Crippen molar-refractivity contribution >= 4 is 17.4 Å². The van der Waals surface area contributed by atoms with Crippen molar-refractivity contribution in [3.63, 3.8) is 0 Å². The third-order valence-corrected chi connectivity index (χ3v) is 2.62. The lowest BCUT2D eigenvalue weighted by Crippen LogP contribution is -2.33. The van der Waals surface area contributed by atoms with Gasteiger partial charge in [-0.2, -0.15) is 0 Å². The van der Waals surface area contributed by atoms with E-state index in [1.54, 1.807) is 14.2 Å². The summed E-state index contributed by atoms with van der Waals surface area (Å²) in [6.07, 6.45) is 1.41. The standard InChI is InChI=1S/C10H16ClN3O2/c1-7(5-15-3)14(2)10-8(16-4)9(11)12-6-13-10/h6-7H,5H2,1-4H3. The molecule has 6 heteroatoms. The number of likely N-dealkylation sites (N-methyl/N-ethyl adjacent to an activating group) is 1. The van der Waals surface area contributed by atoms with Gasteiger partial charge < -0.3 is 14.4 Å². The summed E-state index contributed by atoms with van der Waals surface area (Å²) in [6, 6.07) is 0.171. The smallest absolute Gasteiger partial charge is 0.199 e. The third kappa shape index (κ3) is 2.74. The fourth-order valence-corrected chi connectivity index (χ4v) is 1.54. The molecule has 0 spiro atoms. The molecule has 0 radical (unpaired) electrons. The maximum atomic E-state index is 5.92. The Labute approximate surface area is 100 Å². The van der Waals surface area contributed by atoms with Crippen molar-refractivity contribution in [2.45, 2.75) is 13.0 Å². The number of nitrogens with zero attached hydrogens (tertiary/aromatic N) is 3. The number of ether oxygens (including phenoxy) is 2. The Hall–Kier alpha value is -1.07. The SMILES string of the molecule is COCC(C)N(C)c1ncnc(Cl)c1OC. The van der Waals surface area contributed by atoms with Crippen molar-refractivity contribution in [1.82, 2.24) is 9.97 Å². The molecule has 0 bridgehead atoms. The van der Waals surface area contributed by atoms with Crippen molar-refractivity contribution in [2.24, 2.45) is 0 Å². The summed E-state index contributed by atoms with van der Waals surface area (Å²) in [4.78, 5) is 9.97. The first kappa shape index (κ1) is 13.0. The minimum absolute atomic E-state index is 0.171. The monoisotopic (exact) mass is 245 g/mol. The van der Waals surface area contributed by atoms with Crippen LogP contribution in [0, 0.1) is 0 Å². The predicted octanol–water partition coefficient (Wildman–Crippen LogP) is 1.61. The normalized spacial score (nSPS) is 12.3. The Kier molecular flexibility index (Phi) is 4.76. The number of aromatic nitrogens is 2. The first-order valence-corrected chi connectivity index (χ1v) is 5.25. The zero-order valence-electron chi connectivity index (χ0n) is 9.90.